The number of rotatable bonds is 4. The van der Waals surface area contributed by atoms with E-state index in [1.807, 2.05) is 5.38 Å². The maximum Gasteiger partial charge on any atom is 0.228 e. The van der Waals surface area contributed by atoms with E-state index in [0.29, 0.717) is 5.82 Å². The quantitative estimate of drug-likeness (QED) is 0.745. The number of piperidine rings is 1. The Morgan fingerprint density at radius 2 is 1.96 bits per heavy atom. The lowest BCUT2D eigenvalue weighted by Gasteiger charge is -2.30. The molecule has 138 valence electrons. The van der Waals surface area contributed by atoms with Crippen LogP contribution in [-0.2, 0) is 4.79 Å². The third-order valence-corrected chi connectivity index (χ3v) is 5.48. The van der Waals surface area contributed by atoms with Crippen molar-refractivity contribution >= 4 is 28.2 Å². The van der Waals surface area contributed by atoms with E-state index in [1.54, 1.807) is 42.1 Å². The molecule has 4 rings (SSSR count). The number of thiazole rings is 1. The summed E-state index contributed by atoms with van der Waals surface area (Å²) in [6.07, 6.45) is 6.19. The molecule has 0 unspecified atom stereocenters. The maximum atomic E-state index is 13.1. The van der Waals surface area contributed by atoms with E-state index in [1.165, 1.54) is 12.1 Å². The van der Waals surface area contributed by atoms with Gasteiger partial charge in [0.15, 0.2) is 10.9 Å². The lowest BCUT2D eigenvalue weighted by molar-refractivity contribution is -0.120. The highest BCUT2D eigenvalue weighted by atomic mass is 32.1. The van der Waals surface area contributed by atoms with Gasteiger partial charge in [0, 0.05) is 42.3 Å². The zero-order chi connectivity index (χ0) is 18.6. The van der Waals surface area contributed by atoms with E-state index in [9.17, 15) is 9.18 Å². The third-order valence-electron chi connectivity index (χ3n) is 4.58. The minimum Gasteiger partial charge on any atom is -0.348 e. The summed E-state index contributed by atoms with van der Waals surface area (Å²) < 4.78 is 13.1. The molecule has 6 nitrogen and oxygen atoms in total. The summed E-state index contributed by atoms with van der Waals surface area (Å²) in [7, 11) is 0. The molecular formula is C19H18FN5OS. The molecule has 0 spiro atoms. The summed E-state index contributed by atoms with van der Waals surface area (Å²) in [6, 6.07) is 6.35. The van der Waals surface area contributed by atoms with Gasteiger partial charge in [0.1, 0.15) is 5.82 Å². The zero-order valence-corrected chi connectivity index (χ0v) is 15.3. The number of nitrogens with one attached hydrogen (secondary N) is 1. The van der Waals surface area contributed by atoms with Crippen molar-refractivity contribution in [1.82, 2.24) is 15.0 Å². The van der Waals surface area contributed by atoms with Gasteiger partial charge in [-0.25, -0.2) is 14.4 Å². The van der Waals surface area contributed by atoms with Crippen LogP contribution in [0.2, 0.25) is 0 Å². The number of aromatic nitrogens is 3. The Hall–Kier alpha value is -2.87. The van der Waals surface area contributed by atoms with E-state index in [-0.39, 0.29) is 17.6 Å². The van der Waals surface area contributed by atoms with Crippen molar-refractivity contribution in [3.05, 3.63) is 54.1 Å². The second-order valence-corrected chi connectivity index (χ2v) is 7.20. The Bertz CT molecular complexity index is 907. The molecule has 3 aromatic rings. The molecular weight excluding hydrogens is 365 g/mol. The van der Waals surface area contributed by atoms with Gasteiger partial charge in [-0.15, -0.1) is 11.3 Å². The Balaban J connectivity index is 1.35. The number of carbonyl (C=O) groups excluding carboxylic acids is 1. The first-order valence-electron chi connectivity index (χ1n) is 8.72. The third kappa shape index (κ3) is 4.11. The summed E-state index contributed by atoms with van der Waals surface area (Å²) in [6.45, 7) is 1.55. The predicted molar refractivity (Wildman–Crippen MR) is 103 cm³/mol. The highest BCUT2D eigenvalue weighted by molar-refractivity contribution is 7.14. The van der Waals surface area contributed by atoms with Crippen LogP contribution >= 0.6 is 11.3 Å². The molecule has 8 heteroatoms. The van der Waals surface area contributed by atoms with Gasteiger partial charge in [0.2, 0.25) is 5.91 Å². The van der Waals surface area contributed by atoms with Crippen LogP contribution in [0.1, 0.15) is 12.8 Å². The molecule has 0 radical (unpaired) electrons. The number of nitrogens with zero attached hydrogens (tertiary/aromatic N) is 4. The molecule has 1 saturated heterocycles. The van der Waals surface area contributed by atoms with Crippen LogP contribution in [0.3, 0.4) is 0 Å². The lowest BCUT2D eigenvalue weighted by Crippen LogP contribution is -2.38. The van der Waals surface area contributed by atoms with Gasteiger partial charge in [-0.2, -0.15) is 0 Å². The molecule has 27 heavy (non-hydrogen) atoms. The lowest BCUT2D eigenvalue weighted by atomic mass is 9.96. The average molecular weight is 383 g/mol. The Morgan fingerprint density at radius 1 is 1.19 bits per heavy atom. The minimum atomic E-state index is -0.254. The molecule has 0 saturated carbocycles. The minimum absolute atomic E-state index is 0.0127. The number of hydrogen-bond acceptors (Lipinski definition) is 6. The summed E-state index contributed by atoms with van der Waals surface area (Å²) in [5, 5.41) is 5.74. The largest absolute Gasteiger partial charge is 0.348 e. The molecule has 0 bridgehead atoms. The van der Waals surface area contributed by atoms with Gasteiger partial charge < -0.3 is 10.2 Å². The van der Waals surface area contributed by atoms with Crippen LogP contribution in [0.25, 0.3) is 11.3 Å². The number of carbonyl (C=O) groups is 1. The standard InChI is InChI=1S/C19H18FN5OS/c20-15-3-1-13(2-4-15)16-12-27-19(23-16)25-9-5-14(6-10-25)18(26)24-17-11-21-7-8-22-17/h1-4,7-8,11-12,14H,5-6,9-10H2,(H,22,24,26). The first-order valence-corrected chi connectivity index (χ1v) is 9.60. The molecule has 1 fully saturated rings. The second kappa shape index (κ2) is 7.79. The van der Waals surface area contributed by atoms with Crippen molar-refractivity contribution in [2.45, 2.75) is 12.8 Å². The topological polar surface area (TPSA) is 71.0 Å². The monoisotopic (exact) mass is 383 g/mol. The van der Waals surface area contributed by atoms with E-state index in [0.717, 1.165) is 42.3 Å². The highest BCUT2D eigenvalue weighted by Gasteiger charge is 2.26. The maximum absolute atomic E-state index is 13.1. The highest BCUT2D eigenvalue weighted by Crippen LogP contribution is 2.30. The first kappa shape index (κ1) is 17.5. The number of halogens is 1. The van der Waals surface area contributed by atoms with Gasteiger partial charge in [0.25, 0.3) is 0 Å². The van der Waals surface area contributed by atoms with E-state index in [4.69, 9.17) is 0 Å². The van der Waals surface area contributed by atoms with Crippen LogP contribution in [-0.4, -0.2) is 33.9 Å². The van der Waals surface area contributed by atoms with E-state index < -0.39 is 0 Å². The van der Waals surface area contributed by atoms with Crippen molar-refractivity contribution in [1.29, 1.82) is 0 Å². The van der Waals surface area contributed by atoms with E-state index >= 15 is 0 Å². The molecule has 3 heterocycles. The zero-order valence-electron chi connectivity index (χ0n) is 14.5. The van der Waals surface area contributed by atoms with Crippen LogP contribution in [0, 0.1) is 11.7 Å². The molecule has 1 N–H and O–H groups in total. The molecule has 0 aliphatic carbocycles. The van der Waals surface area contributed by atoms with Gasteiger partial charge in [-0.1, -0.05) is 0 Å². The predicted octanol–water partition coefficient (Wildman–Crippen LogP) is 3.59. The number of hydrogen-bond donors (Lipinski definition) is 1. The van der Waals surface area contributed by atoms with Gasteiger partial charge in [-0.3, -0.25) is 9.78 Å². The van der Waals surface area contributed by atoms with Crippen molar-refractivity contribution in [2.24, 2.45) is 5.92 Å². The van der Waals surface area contributed by atoms with Crippen LogP contribution < -0.4 is 10.2 Å². The molecule has 0 atom stereocenters. The molecule has 1 aromatic carbocycles. The van der Waals surface area contributed by atoms with Gasteiger partial charge in [-0.05, 0) is 37.1 Å². The van der Waals surface area contributed by atoms with Crippen molar-refractivity contribution in [2.75, 3.05) is 23.3 Å². The Morgan fingerprint density at radius 3 is 2.67 bits per heavy atom. The fraction of sp³-hybridized carbons (Fsp3) is 0.263. The molecule has 1 aliphatic rings. The summed E-state index contributed by atoms with van der Waals surface area (Å²) >= 11 is 1.57. The number of anilines is 2. The normalized spacial score (nSPS) is 14.9. The number of amides is 1. The second-order valence-electron chi connectivity index (χ2n) is 6.36. The van der Waals surface area contributed by atoms with Crippen molar-refractivity contribution in [3.8, 4) is 11.3 Å². The smallest absolute Gasteiger partial charge is 0.228 e. The Labute approximate surface area is 160 Å². The number of benzene rings is 1. The average Bonchev–Trinajstić information content (AvgIpc) is 3.20. The van der Waals surface area contributed by atoms with E-state index in [2.05, 4.69) is 25.2 Å². The summed E-state index contributed by atoms with van der Waals surface area (Å²) in [4.78, 5) is 27.3. The van der Waals surface area contributed by atoms with Crippen LogP contribution in [0.5, 0.6) is 0 Å². The fourth-order valence-electron chi connectivity index (χ4n) is 3.09. The summed E-state index contributed by atoms with van der Waals surface area (Å²) in [5.41, 5.74) is 1.75. The van der Waals surface area contributed by atoms with Gasteiger partial charge in [0.05, 0.1) is 11.9 Å². The van der Waals surface area contributed by atoms with Crippen LogP contribution in [0.15, 0.2) is 48.2 Å². The van der Waals surface area contributed by atoms with Crippen molar-refractivity contribution < 1.29 is 9.18 Å². The molecule has 1 amide bonds. The van der Waals surface area contributed by atoms with Gasteiger partial charge >= 0.3 is 0 Å². The Kier molecular flexibility index (Phi) is 5.06. The first-order chi connectivity index (χ1) is 13.2. The summed E-state index contributed by atoms with van der Waals surface area (Å²) in [5.74, 6) is 0.172. The fourth-order valence-corrected chi connectivity index (χ4v) is 3.98. The SMILES string of the molecule is O=C(Nc1cnccn1)C1CCN(c2nc(-c3ccc(F)cc3)cs2)CC1. The molecule has 2 aromatic heterocycles. The van der Waals surface area contributed by atoms with Crippen molar-refractivity contribution in [3.63, 3.8) is 0 Å². The van der Waals surface area contributed by atoms with Crippen LogP contribution in [0.4, 0.5) is 15.3 Å². The molecule has 1 aliphatic heterocycles.